The van der Waals surface area contributed by atoms with E-state index in [1.165, 1.54) is 50.9 Å². The quantitative estimate of drug-likeness (QED) is 0.356. The first kappa shape index (κ1) is 23.5. The molecule has 2 aromatic carbocycles. The van der Waals surface area contributed by atoms with Crippen molar-refractivity contribution >= 4 is 33.5 Å². The maximum absolute atomic E-state index is 13.7. The highest BCUT2D eigenvalue weighted by atomic mass is 32.1. The number of benzene rings is 2. The second-order valence-electron chi connectivity index (χ2n) is 6.59. The number of carbonyl (C=O) groups excluding carboxylic acids is 1. The van der Waals surface area contributed by atoms with Crippen LogP contribution in [-0.2, 0) is 16.1 Å². The fourth-order valence-electron chi connectivity index (χ4n) is 3.15. The Morgan fingerprint density at radius 3 is 2.47 bits per heavy atom. The Morgan fingerprint density at radius 1 is 1.12 bits per heavy atom. The first-order valence-electron chi connectivity index (χ1n) is 9.94. The molecular formula is C23H25FN2O5S. The van der Waals surface area contributed by atoms with Crippen molar-refractivity contribution in [3.63, 3.8) is 0 Å². The van der Waals surface area contributed by atoms with E-state index in [4.69, 9.17) is 18.9 Å². The van der Waals surface area contributed by atoms with Crippen LogP contribution in [0, 0.1) is 5.82 Å². The number of fused-ring (bicyclic) bond motifs is 1. The highest BCUT2D eigenvalue weighted by Gasteiger charge is 2.12. The first-order chi connectivity index (χ1) is 15.5. The number of hydrogen-bond donors (Lipinski definition) is 0. The van der Waals surface area contributed by atoms with Crippen molar-refractivity contribution in [1.29, 1.82) is 0 Å². The van der Waals surface area contributed by atoms with Crippen molar-refractivity contribution < 1.29 is 28.1 Å². The normalized spacial score (nSPS) is 12.0. The molecule has 0 bridgehead atoms. The summed E-state index contributed by atoms with van der Waals surface area (Å²) in [6.07, 6.45) is 2.98. The molecule has 0 saturated heterocycles. The van der Waals surface area contributed by atoms with E-state index in [0.29, 0.717) is 52.1 Å². The third kappa shape index (κ3) is 5.35. The van der Waals surface area contributed by atoms with E-state index in [0.717, 1.165) is 5.52 Å². The smallest absolute Gasteiger partial charge is 0.272 e. The standard InChI is InChI=1S/C23H25FN2O5S/c1-5-31-11-10-26-17-8-7-16(24)14-20(17)32-23(26)25-21(27)9-6-15-12-18(28-2)22(30-4)19(13-15)29-3/h6-9,12-14H,5,10-11H2,1-4H3. The lowest BCUT2D eigenvalue weighted by molar-refractivity contribution is -0.113. The highest BCUT2D eigenvalue weighted by Crippen LogP contribution is 2.38. The molecule has 0 unspecified atom stereocenters. The first-order valence-corrected chi connectivity index (χ1v) is 10.8. The van der Waals surface area contributed by atoms with Crippen molar-refractivity contribution in [3.8, 4) is 17.2 Å². The van der Waals surface area contributed by atoms with Crippen molar-refractivity contribution in [3.05, 3.63) is 52.6 Å². The number of halogens is 1. The third-order valence-corrected chi connectivity index (χ3v) is 5.66. The minimum absolute atomic E-state index is 0.337. The number of nitrogens with zero attached hydrogens (tertiary/aromatic N) is 2. The second-order valence-corrected chi connectivity index (χ2v) is 7.60. The number of ether oxygens (including phenoxy) is 4. The molecule has 0 aliphatic carbocycles. The molecule has 0 fully saturated rings. The van der Waals surface area contributed by atoms with E-state index in [9.17, 15) is 9.18 Å². The number of aromatic nitrogens is 1. The van der Waals surface area contributed by atoms with Crippen LogP contribution in [0.2, 0.25) is 0 Å². The maximum atomic E-state index is 13.7. The Bertz CT molecular complexity index is 1170. The van der Waals surface area contributed by atoms with Gasteiger partial charge in [0, 0.05) is 19.2 Å². The SMILES string of the molecule is CCOCCn1c(=NC(=O)C=Cc2cc(OC)c(OC)c(OC)c2)sc2cc(F)ccc21. The van der Waals surface area contributed by atoms with Gasteiger partial charge >= 0.3 is 0 Å². The average Bonchev–Trinajstić information content (AvgIpc) is 3.12. The van der Waals surface area contributed by atoms with Crippen LogP contribution in [0.25, 0.3) is 16.3 Å². The molecule has 170 valence electrons. The van der Waals surface area contributed by atoms with E-state index in [1.54, 1.807) is 24.3 Å². The number of rotatable bonds is 9. The molecule has 1 heterocycles. The number of carbonyl (C=O) groups is 1. The van der Waals surface area contributed by atoms with Gasteiger partial charge in [0.1, 0.15) is 5.82 Å². The lowest BCUT2D eigenvalue weighted by Crippen LogP contribution is -2.19. The summed E-state index contributed by atoms with van der Waals surface area (Å²) >= 11 is 1.25. The Morgan fingerprint density at radius 2 is 1.84 bits per heavy atom. The van der Waals surface area contributed by atoms with Crippen molar-refractivity contribution in [2.45, 2.75) is 13.5 Å². The molecule has 0 N–H and O–H groups in total. The number of methoxy groups -OCH3 is 3. The van der Waals surface area contributed by atoms with Gasteiger partial charge in [0.2, 0.25) is 5.75 Å². The van der Waals surface area contributed by atoms with Gasteiger partial charge in [0.05, 0.1) is 38.2 Å². The zero-order chi connectivity index (χ0) is 23.1. The minimum Gasteiger partial charge on any atom is -0.493 e. The zero-order valence-corrected chi connectivity index (χ0v) is 19.2. The Balaban J connectivity index is 1.94. The second kappa shape index (κ2) is 10.9. The van der Waals surface area contributed by atoms with Gasteiger partial charge in [-0.05, 0) is 48.9 Å². The van der Waals surface area contributed by atoms with E-state index >= 15 is 0 Å². The van der Waals surface area contributed by atoms with Gasteiger partial charge in [0.25, 0.3) is 5.91 Å². The fourth-order valence-corrected chi connectivity index (χ4v) is 4.23. The Hall–Kier alpha value is -3.17. The topological polar surface area (TPSA) is 71.3 Å². The van der Waals surface area contributed by atoms with Gasteiger partial charge in [-0.15, -0.1) is 0 Å². The highest BCUT2D eigenvalue weighted by molar-refractivity contribution is 7.16. The van der Waals surface area contributed by atoms with Gasteiger partial charge in [0.15, 0.2) is 16.3 Å². The number of hydrogen-bond acceptors (Lipinski definition) is 6. The molecule has 0 spiro atoms. The van der Waals surface area contributed by atoms with Gasteiger partial charge in [-0.25, -0.2) is 4.39 Å². The summed E-state index contributed by atoms with van der Waals surface area (Å²) in [6, 6.07) is 7.97. The van der Waals surface area contributed by atoms with Gasteiger partial charge in [-0.1, -0.05) is 11.3 Å². The largest absolute Gasteiger partial charge is 0.493 e. The Labute approximate surface area is 189 Å². The lowest BCUT2D eigenvalue weighted by atomic mass is 10.1. The molecule has 9 heteroatoms. The van der Waals surface area contributed by atoms with Crippen LogP contribution in [0.3, 0.4) is 0 Å². The number of thiazole rings is 1. The average molecular weight is 461 g/mol. The van der Waals surface area contributed by atoms with Crippen LogP contribution in [0.5, 0.6) is 17.2 Å². The van der Waals surface area contributed by atoms with Crippen molar-refractivity contribution in [1.82, 2.24) is 4.57 Å². The van der Waals surface area contributed by atoms with E-state index in [2.05, 4.69) is 4.99 Å². The van der Waals surface area contributed by atoms with E-state index < -0.39 is 5.91 Å². The summed E-state index contributed by atoms with van der Waals surface area (Å²) in [4.78, 5) is 17.3. The van der Waals surface area contributed by atoms with Crippen LogP contribution < -0.4 is 19.0 Å². The number of amides is 1. The van der Waals surface area contributed by atoms with Crippen LogP contribution in [0.4, 0.5) is 4.39 Å². The molecule has 0 aliphatic rings. The van der Waals surface area contributed by atoms with E-state index in [1.807, 2.05) is 11.5 Å². The summed E-state index contributed by atoms with van der Waals surface area (Å²) in [5.41, 5.74) is 1.49. The van der Waals surface area contributed by atoms with Gasteiger partial charge in [-0.2, -0.15) is 4.99 Å². The molecule has 1 amide bonds. The predicted molar refractivity (Wildman–Crippen MR) is 122 cm³/mol. The summed E-state index contributed by atoms with van der Waals surface area (Å²) in [6.45, 7) is 3.46. The maximum Gasteiger partial charge on any atom is 0.272 e. The van der Waals surface area contributed by atoms with Crippen LogP contribution in [0.15, 0.2) is 41.4 Å². The van der Waals surface area contributed by atoms with Crippen molar-refractivity contribution in [2.75, 3.05) is 34.5 Å². The van der Waals surface area contributed by atoms with Crippen molar-refractivity contribution in [2.24, 2.45) is 4.99 Å². The molecule has 1 aromatic heterocycles. The molecule has 32 heavy (non-hydrogen) atoms. The monoisotopic (exact) mass is 460 g/mol. The summed E-state index contributed by atoms with van der Waals surface area (Å²) in [5, 5.41) is 0. The van der Waals surface area contributed by atoms with Crippen LogP contribution >= 0.6 is 11.3 Å². The van der Waals surface area contributed by atoms with E-state index in [-0.39, 0.29) is 5.82 Å². The van der Waals surface area contributed by atoms with Gasteiger partial charge < -0.3 is 23.5 Å². The fraction of sp³-hybridized carbons (Fsp3) is 0.304. The molecule has 0 atom stereocenters. The summed E-state index contributed by atoms with van der Waals surface area (Å²) in [7, 11) is 4.57. The zero-order valence-electron chi connectivity index (χ0n) is 18.4. The molecular weight excluding hydrogens is 435 g/mol. The molecule has 7 nitrogen and oxygen atoms in total. The van der Waals surface area contributed by atoms with Gasteiger partial charge in [-0.3, -0.25) is 4.79 Å². The summed E-state index contributed by atoms with van der Waals surface area (Å²) < 4.78 is 37.7. The van der Waals surface area contributed by atoms with Crippen LogP contribution in [-0.4, -0.2) is 45.0 Å². The summed E-state index contributed by atoms with van der Waals surface area (Å²) in [5.74, 6) is 0.648. The Kier molecular flexibility index (Phi) is 8.02. The predicted octanol–water partition coefficient (Wildman–Crippen LogP) is 4.04. The molecule has 3 rings (SSSR count). The molecule has 0 aliphatic heterocycles. The molecule has 0 radical (unpaired) electrons. The lowest BCUT2D eigenvalue weighted by Gasteiger charge is -2.12. The minimum atomic E-state index is -0.448. The third-order valence-electron chi connectivity index (χ3n) is 4.62. The molecule has 0 saturated carbocycles. The molecule has 3 aromatic rings. The van der Waals surface area contributed by atoms with Crippen LogP contribution in [0.1, 0.15) is 12.5 Å².